The highest BCUT2D eigenvalue weighted by molar-refractivity contribution is 9.10. The molecular formula is C19H12BrNO. The molecule has 0 unspecified atom stereocenters. The van der Waals surface area contributed by atoms with Gasteiger partial charge in [-0.05, 0) is 36.4 Å². The molecule has 0 atom stereocenters. The predicted molar refractivity (Wildman–Crippen MR) is 93.3 cm³/mol. The Kier molecular flexibility index (Phi) is 3.09. The Morgan fingerprint density at radius 2 is 1.45 bits per heavy atom. The molecule has 22 heavy (non-hydrogen) atoms. The van der Waals surface area contributed by atoms with Crippen LogP contribution >= 0.6 is 15.9 Å². The van der Waals surface area contributed by atoms with E-state index in [1.807, 2.05) is 60.7 Å². The van der Waals surface area contributed by atoms with Crippen molar-refractivity contribution in [2.75, 3.05) is 0 Å². The summed E-state index contributed by atoms with van der Waals surface area (Å²) in [6.07, 6.45) is 0. The number of para-hydroxylation sites is 1. The lowest BCUT2D eigenvalue weighted by atomic mass is 10.2. The molecule has 0 fully saturated rings. The molecule has 0 saturated heterocycles. The molecule has 0 N–H and O–H groups in total. The second kappa shape index (κ2) is 5.11. The minimum atomic E-state index is -0.00544. The summed E-state index contributed by atoms with van der Waals surface area (Å²) in [5.74, 6) is -0.00544. The summed E-state index contributed by atoms with van der Waals surface area (Å²) in [6, 6.07) is 23.4. The van der Waals surface area contributed by atoms with Crippen LogP contribution in [0.3, 0.4) is 0 Å². The minimum Gasteiger partial charge on any atom is -0.276 e. The van der Waals surface area contributed by atoms with E-state index in [2.05, 4.69) is 28.1 Å². The normalized spacial score (nSPS) is 11.1. The molecule has 0 amide bonds. The molecule has 106 valence electrons. The quantitative estimate of drug-likeness (QED) is 0.460. The molecule has 0 saturated carbocycles. The van der Waals surface area contributed by atoms with Crippen LogP contribution < -0.4 is 0 Å². The average molecular weight is 350 g/mol. The van der Waals surface area contributed by atoms with Gasteiger partial charge in [-0.2, -0.15) is 0 Å². The van der Waals surface area contributed by atoms with Crippen molar-refractivity contribution in [1.29, 1.82) is 0 Å². The lowest BCUT2D eigenvalue weighted by molar-refractivity contribution is 0.0969. The Balaban J connectivity index is 2.09. The number of nitrogens with zero attached hydrogens (tertiary/aromatic N) is 1. The fourth-order valence-electron chi connectivity index (χ4n) is 2.87. The van der Waals surface area contributed by atoms with Gasteiger partial charge >= 0.3 is 0 Å². The summed E-state index contributed by atoms with van der Waals surface area (Å²) < 4.78 is 2.81. The SMILES string of the molecule is O=C(c1ccccc1)n1c2ccccc2c2cc(Br)ccc21. The summed E-state index contributed by atoms with van der Waals surface area (Å²) in [6.45, 7) is 0. The monoisotopic (exact) mass is 349 g/mol. The number of fused-ring (bicyclic) bond motifs is 3. The van der Waals surface area contributed by atoms with Gasteiger partial charge in [-0.3, -0.25) is 9.36 Å². The Morgan fingerprint density at radius 1 is 0.773 bits per heavy atom. The lowest BCUT2D eigenvalue weighted by Gasteiger charge is -2.06. The van der Waals surface area contributed by atoms with Crippen LogP contribution in [-0.4, -0.2) is 10.5 Å². The summed E-state index contributed by atoms with van der Waals surface area (Å²) in [4.78, 5) is 13.0. The molecule has 0 radical (unpaired) electrons. The van der Waals surface area contributed by atoms with Gasteiger partial charge in [0.05, 0.1) is 11.0 Å². The van der Waals surface area contributed by atoms with Gasteiger partial charge in [0.1, 0.15) is 0 Å². The van der Waals surface area contributed by atoms with E-state index in [9.17, 15) is 4.79 Å². The zero-order valence-electron chi connectivity index (χ0n) is 11.7. The first-order valence-electron chi connectivity index (χ1n) is 7.04. The number of carbonyl (C=O) groups excluding carboxylic acids is 1. The smallest absolute Gasteiger partial charge is 0.262 e. The van der Waals surface area contributed by atoms with Gasteiger partial charge in [0.25, 0.3) is 5.91 Å². The van der Waals surface area contributed by atoms with Crippen LogP contribution in [0.4, 0.5) is 0 Å². The Hall–Kier alpha value is -2.39. The highest BCUT2D eigenvalue weighted by Crippen LogP contribution is 2.31. The molecule has 1 aromatic heterocycles. The molecule has 0 aliphatic heterocycles. The van der Waals surface area contributed by atoms with Crippen molar-refractivity contribution in [3.8, 4) is 0 Å². The van der Waals surface area contributed by atoms with Gasteiger partial charge in [0.2, 0.25) is 0 Å². The first kappa shape index (κ1) is 13.3. The van der Waals surface area contributed by atoms with Crippen molar-refractivity contribution >= 4 is 43.6 Å². The van der Waals surface area contributed by atoms with E-state index in [1.165, 1.54) is 0 Å². The van der Waals surface area contributed by atoms with Crippen LogP contribution in [0.1, 0.15) is 10.4 Å². The van der Waals surface area contributed by atoms with Crippen LogP contribution in [0.25, 0.3) is 21.8 Å². The van der Waals surface area contributed by atoms with Crippen molar-refractivity contribution in [3.05, 3.63) is 82.8 Å². The maximum atomic E-state index is 13.0. The van der Waals surface area contributed by atoms with Gasteiger partial charge in [-0.25, -0.2) is 0 Å². The van der Waals surface area contributed by atoms with Gasteiger partial charge in [0.15, 0.2) is 0 Å². The van der Waals surface area contributed by atoms with E-state index in [0.29, 0.717) is 5.56 Å². The third-order valence-corrected chi connectivity index (χ3v) is 4.35. The molecular weight excluding hydrogens is 338 g/mol. The number of hydrogen-bond acceptors (Lipinski definition) is 1. The maximum absolute atomic E-state index is 13.0. The molecule has 0 bridgehead atoms. The van der Waals surface area contributed by atoms with Crippen LogP contribution in [-0.2, 0) is 0 Å². The van der Waals surface area contributed by atoms with Crippen LogP contribution in [0.5, 0.6) is 0 Å². The molecule has 3 aromatic carbocycles. The third kappa shape index (κ3) is 1.97. The first-order chi connectivity index (χ1) is 10.8. The zero-order chi connectivity index (χ0) is 15.1. The topological polar surface area (TPSA) is 22.0 Å². The molecule has 2 nitrogen and oxygen atoms in total. The molecule has 0 aliphatic carbocycles. The van der Waals surface area contributed by atoms with Crippen molar-refractivity contribution < 1.29 is 4.79 Å². The number of hydrogen-bond donors (Lipinski definition) is 0. The average Bonchev–Trinajstić information content (AvgIpc) is 2.89. The van der Waals surface area contributed by atoms with Gasteiger partial charge < -0.3 is 0 Å². The second-order valence-corrected chi connectivity index (χ2v) is 6.10. The maximum Gasteiger partial charge on any atom is 0.262 e. The van der Waals surface area contributed by atoms with Crippen molar-refractivity contribution in [2.45, 2.75) is 0 Å². The standard InChI is InChI=1S/C19H12BrNO/c20-14-10-11-18-16(12-14)15-8-4-5-9-17(15)21(18)19(22)13-6-2-1-3-7-13/h1-12H. The van der Waals surface area contributed by atoms with Gasteiger partial charge in [0, 0.05) is 20.8 Å². The molecule has 4 rings (SSSR count). The second-order valence-electron chi connectivity index (χ2n) is 5.19. The largest absolute Gasteiger partial charge is 0.276 e. The van der Waals surface area contributed by atoms with E-state index in [1.54, 1.807) is 4.57 Å². The predicted octanol–water partition coefficient (Wildman–Crippen LogP) is 5.25. The van der Waals surface area contributed by atoms with Crippen molar-refractivity contribution in [2.24, 2.45) is 0 Å². The Labute approximate surface area is 136 Å². The summed E-state index contributed by atoms with van der Waals surface area (Å²) in [7, 11) is 0. The van der Waals surface area contributed by atoms with Crippen molar-refractivity contribution in [1.82, 2.24) is 4.57 Å². The molecule has 4 aromatic rings. The fourth-order valence-corrected chi connectivity index (χ4v) is 3.23. The van der Waals surface area contributed by atoms with Crippen molar-refractivity contribution in [3.63, 3.8) is 0 Å². The highest BCUT2D eigenvalue weighted by Gasteiger charge is 2.16. The lowest BCUT2D eigenvalue weighted by Crippen LogP contribution is -2.11. The van der Waals surface area contributed by atoms with E-state index in [4.69, 9.17) is 0 Å². The van der Waals surface area contributed by atoms with Crippen LogP contribution in [0, 0.1) is 0 Å². The first-order valence-corrected chi connectivity index (χ1v) is 7.83. The summed E-state index contributed by atoms with van der Waals surface area (Å²) in [5.41, 5.74) is 2.55. The Morgan fingerprint density at radius 3 is 2.27 bits per heavy atom. The van der Waals surface area contributed by atoms with Gasteiger partial charge in [-0.1, -0.05) is 52.3 Å². The molecule has 3 heteroatoms. The van der Waals surface area contributed by atoms with Gasteiger partial charge in [-0.15, -0.1) is 0 Å². The third-order valence-electron chi connectivity index (χ3n) is 3.86. The highest BCUT2D eigenvalue weighted by atomic mass is 79.9. The van der Waals surface area contributed by atoms with E-state index >= 15 is 0 Å². The fraction of sp³-hybridized carbons (Fsp3) is 0. The molecule has 1 heterocycles. The van der Waals surface area contributed by atoms with E-state index in [-0.39, 0.29) is 5.91 Å². The number of carbonyl (C=O) groups is 1. The molecule has 0 spiro atoms. The minimum absolute atomic E-state index is 0.00544. The number of rotatable bonds is 1. The van der Waals surface area contributed by atoms with Crippen LogP contribution in [0.15, 0.2) is 77.3 Å². The zero-order valence-corrected chi connectivity index (χ0v) is 13.2. The Bertz CT molecular complexity index is 1000. The van der Waals surface area contributed by atoms with E-state index in [0.717, 1.165) is 26.3 Å². The molecule has 0 aliphatic rings. The number of benzene rings is 3. The van der Waals surface area contributed by atoms with Crippen LogP contribution in [0.2, 0.25) is 0 Å². The summed E-state index contributed by atoms with van der Waals surface area (Å²) >= 11 is 3.52. The number of aromatic nitrogens is 1. The summed E-state index contributed by atoms with van der Waals surface area (Å²) in [5, 5.41) is 2.16. The number of halogens is 1. The van der Waals surface area contributed by atoms with E-state index < -0.39 is 0 Å².